The molecule has 1 aliphatic rings. The van der Waals surface area contributed by atoms with Gasteiger partial charge in [0.05, 0.1) is 20.3 Å². The van der Waals surface area contributed by atoms with Crippen LogP contribution in [0.15, 0.2) is 18.2 Å². The van der Waals surface area contributed by atoms with Crippen molar-refractivity contribution in [3.8, 4) is 11.5 Å². The lowest BCUT2D eigenvalue weighted by Gasteiger charge is -2.16. The zero-order valence-corrected chi connectivity index (χ0v) is 15.4. The molecule has 25 heavy (non-hydrogen) atoms. The molecule has 2 N–H and O–H groups in total. The van der Waals surface area contributed by atoms with Crippen molar-refractivity contribution in [1.82, 2.24) is 15.5 Å². The van der Waals surface area contributed by atoms with Crippen LogP contribution < -0.4 is 14.8 Å². The fraction of sp³-hybridized carbons (Fsp3) is 0.474. The summed E-state index contributed by atoms with van der Waals surface area (Å²) in [4.78, 5) is 12.6. The number of amides is 1. The zero-order valence-electron chi connectivity index (χ0n) is 15.4. The van der Waals surface area contributed by atoms with E-state index in [9.17, 15) is 4.79 Å². The van der Waals surface area contributed by atoms with Crippen LogP contribution in [-0.2, 0) is 11.8 Å². The molecule has 0 spiro atoms. The van der Waals surface area contributed by atoms with Crippen LogP contribution in [0.3, 0.4) is 0 Å². The number of fused-ring (bicyclic) bond motifs is 1. The van der Waals surface area contributed by atoms with Gasteiger partial charge in [-0.15, -0.1) is 0 Å². The van der Waals surface area contributed by atoms with E-state index >= 15 is 0 Å². The number of aromatic nitrogens is 2. The second-order valence-corrected chi connectivity index (χ2v) is 7.39. The second-order valence-electron chi connectivity index (χ2n) is 7.39. The monoisotopic (exact) mass is 343 g/mol. The van der Waals surface area contributed by atoms with Crippen LogP contribution in [0.25, 0.3) is 0 Å². The lowest BCUT2D eigenvalue weighted by molar-refractivity contribution is 0.0931. The molecule has 0 fully saturated rings. The van der Waals surface area contributed by atoms with Gasteiger partial charge in [-0.05, 0) is 42.2 Å². The number of carbonyl (C=O) groups is 1. The number of hydrogen-bond acceptors (Lipinski definition) is 4. The summed E-state index contributed by atoms with van der Waals surface area (Å²) < 4.78 is 10.7. The van der Waals surface area contributed by atoms with Gasteiger partial charge in [0, 0.05) is 11.1 Å². The average Bonchev–Trinajstić information content (AvgIpc) is 3.20. The Balaban J connectivity index is 1.80. The second kappa shape index (κ2) is 6.43. The number of hydrogen-bond donors (Lipinski definition) is 2. The van der Waals surface area contributed by atoms with E-state index < -0.39 is 0 Å². The first-order valence-corrected chi connectivity index (χ1v) is 8.45. The van der Waals surface area contributed by atoms with E-state index in [2.05, 4.69) is 36.3 Å². The number of nitrogens with zero attached hydrogens (tertiary/aromatic N) is 1. The quantitative estimate of drug-likeness (QED) is 0.894. The molecule has 1 aromatic heterocycles. The third-order valence-electron chi connectivity index (χ3n) is 4.65. The molecule has 134 valence electrons. The molecule has 2 aromatic rings. The van der Waals surface area contributed by atoms with Gasteiger partial charge in [-0.1, -0.05) is 20.8 Å². The smallest absolute Gasteiger partial charge is 0.272 e. The molecule has 6 nitrogen and oxygen atoms in total. The van der Waals surface area contributed by atoms with Crippen molar-refractivity contribution < 1.29 is 14.3 Å². The van der Waals surface area contributed by atoms with Crippen LogP contribution in [0.4, 0.5) is 0 Å². The summed E-state index contributed by atoms with van der Waals surface area (Å²) in [6, 6.07) is 5.72. The summed E-state index contributed by atoms with van der Waals surface area (Å²) in [6.07, 6.45) is 1.75. The Morgan fingerprint density at radius 2 is 1.88 bits per heavy atom. The van der Waals surface area contributed by atoms with Gasteiger partial charge >= 0.3 is 0 Å². The number of carbonyl (C=O) groups excluding carboxylic acids is 1. The molecule has 1 amide bonds. The topological polar surface area (TPSA) is 76.2 Å². The van der Waals surface area contributed by atoms with E-state index in [0.29, 0.717) is 11.4 Å². The van der Waals surface area contributed by atoms with E-state index in [-0.39, 0.29) is 17.4 Å². The molecule has 0 saturated heterocycles. The molecule has 1 aromatic carbocycles. The Morgan fingerprint density at radius 1 is 1.20 bits per heavy atom. The molecule has 3 rings (SSSR count). The molecule has 1 atom stereocenters. The molecular formula is C19H25N3O3. The molecule has 0 radical (unpaired) electrons. The van der Waals surface area contributed by atoms with Crippen LogP contribution >= 0.6 is 0 Å². The minimum absolute atomic E-state index is 0.0444. The molecule has 0 bridgehead atoms. The largest absolute Gasteiger partial charge is 0.493 e. The highest BCUT2D eigenvalue weighted by atomic mass is 16.5. The molecule has 0 saturated carbocycles. The Labute approximate surface area is 147 Å². The Kier molecular flexibility index (Phi) is 4.45. The highest BCUT2D eigenvalue weighted by Gasteiger charge is 2.28. The summed E-state index contributed by atoms with van der Waals surface area (Å²) >= 11 is 0. The van der Waals surface area contributed by atoms with Gasteiger partial charge in [0.1, 0.15) is 5.69 Å². The highest BCUT2D eigenvalue weighted by molar-refractivity contribution is 5.92. The first-order chi connectivity index (χ1) is 11.8. The molecule has 1 heterocycles. The number of methoxy groups -OCH3 is 2. The SMILES string of the molecule is COc1cc2c(cc1OC)C(NC(=O)c1cc(C(C)(C)C)[nH]n1)CC2. The molecule has 1 aliphatic carbocycles. The third-order valence-corrected chi connectivity index (χ3v) is 4.65. The number of rotatable bonds is 4. The maximum absolute atomic E-state index is 12.6. The van der Waals surface area contributed by atoms with Crippen LogP contribution in [0.1, 0.15) is 60.5 Å². The van der Waals surface area contributed by atoms with Crippen LogP contribution in [-0.4, -0.2) is 30.3 Å². The molecule has 1 unspecified atom stereocenters. The summed E-state index contributed by atoms with van der Waals surface area (Å²) in [6.45, 7) is 6.24. The minimum Gasteiger partial charge on any atom is -0.493 e. The van der Waals surface area contributed by atoms with E-state index in [1.54, 1.807) is 14.2 Å². The van der Waals surface area contributed by atoms with Crippen molar-refractivity contribution in [2.45, 2.75) is 45.1 Å². The van der Waals surface area contributed by atoms with E-state index in [1.807, 2.05) is 18.2 Å². The van der Waals surface area contributed by atoms with Gasteiger partial charge < -0.3 is 14.8 Å². The van der Waals surface area contributed by atoms with Gasteiger partial charge in [-0.25, -0.2) is 0 Å². The summed E-state index contributed by atoms with van der Waals surface area (Å²) in [5.41, 5.74) is 3.54. The van der Waals surface area contributed by atoms with Crippen molar-refractivity contribution in [1.29, 1.82) is 0 Å². The van der Waals surface area contributed by atoms with Crippen molar-refractivity contribution in [2.24, 2.45) is 0 Å². The van der Waals surface area contributed by atoms with E-state index in [1.165, 1.54) is 5.56 Å². The predicted molar refractivity (Wildman–Crippen MR) is 95.4 cm³/mol. The maximum atomic E-state index is 12.6. The number of ether oxygens (including phenoxy) is 2. The minimum atomic E-state index is -0.167. The fourth-order valence-electron chi connectivity index (χ4n) is 3.14. The standard InChI is InChI=1S/C19H25N3O3/c1-19(2,3)17-10-14(21-22-17)18(23)20-13-7-6-11-8-15(24-4)16(25-5)9-12(11)13/h8-10,13H,6-7H2,1-5H3,(H,20,23)(H,21,22). The van der Waals surface area contributed by atoms with Crippen LogP contribution in [0.5, 0.6) is 11.5 Å². The van der Waals surface area contributed by atoms with Gasteiger partial charge in [-0.2, -0.15) is 5.10 Å². The zero-order chi connectivity index (χ0) is 18.2. The number of H-pyrrole nitrogens is 1. The van der Waals surface area contributed by atoms with Gasteiger partial charge in [0.15, 0.2) is 11.5 Å². The lowest BCUT2D eigenvalue weighted by Crippen LogP contribution is -2.27. The number of aromatic amines is 1. The summed E-state index contributed by atoms with van der Waals surface area (Å²) in [7, 11) is 3.24. The van der Waals surface area contributed by atoms with E-state index in [4.69, 9.17) is 9.47 Å². The predicted octanol–water partition coefficient (Wildman–Crippen LogP) is 3.14. The van der Waals surface area contributed by atoms with Crippen molar-refractivity contribution >= 4 is 5.91 Å². The van der Waals surface area contributed by atoms with Crippen molar-refractivity contribution in [3.05, 3.63) is 40.7 Å². The Hall–Kier alpha value is -2.50. The van der Waals surface area contributed by atoms with Gasteiger partial charge in [0.2, 0.25) is 0 Å². The molecule has 0 aliphatic heterocycles. The Bertz CT molecular complexity index is 790. The fourth-order valence-corrected chi connectivity index (χ4v) is 3.14. The van der Waals surface area contributed by atoms with Crippen molar-refractivity contribution in [3.63, 3.8) is 0 Å². The summed E-state index contributed by atoms with van der Waals surface area (Å²) in [5.74, 6) is 1.23. The van der Waals surface area contributed by atoms with Gasteiger partial charge in [-0.3, -0.25) is 9.89 Å². The van der Waals surface area contributed by atoms with Crippen LogP contribution in [0, 0.1) is 0 Å². The van der Waals surface area contributed by atoms with Gasteiger partial charge in [0.25, 0.3) is 5.91 Å². The average molecular weight is 343 g/mol. The van der Waals surface area contributed by atoms with Crippen molar-refractivity contribution in [2.75, 3.05) is 14.2 Å². The number of benzene rings is 1. The number of aryl methyl sites for hydroxylation is 1. The third kappa shape index (κ3) is 3.34. The normalized spacial score (nSPS) is 16.4. The first kappa shape index (κ1) is 17.3. The molecular weight excluding hydrogens is 318 g/mol. The Morgan fingerprint density at radius 3 is 2.48 bits per heavy atom. The van der Waals surface area contributed by atoms with E-state index in [0.717, 1.165) is 29.8 Å². The highest BCUT2D eigenvalue weighted by Crippen LogP contribution is 2.39. The first-order valence-electron chi connectivity index (χ1n) is 8.45. The maximum Gasteiger partial charge on any atom is 0.272 e. The lowest BCUT2D eigenvalue weighted by atomic mass is 9.92. The van der Waals surface area contributed by atoms with Crippen LogP contribution in [0.2, 0.25) is 0 Å². The number of nitrogens with one attached hydrogen (secondary N) is 2. The summed E-state index contributed by atoms with van der Waals surface area (Å²) in [5, 5.41) is 10.2. The molecule has 6 heteroatoms.